The van der Waals surface area contributed by atoms with Crippen molar-refractivity contribution in [1.29, 1.82) is 0 Å². The Morgan fingerprint density at radius 3 is 2.69 bits per heavy atom. The van der Waals surface area contributed by atoms with Gasteiger partial charge in [-0.3, -0.25) is 14.7 Å². The molecule has 1 N–H and O–H groups in total. The largest absolute Gasteiger partial charge is 0.455 e. The second kappa shape index (κ2) is 11.8. The number of sulfone groups is 1. The Morgan fingerprint density at radius 2 is 1.93 bits per heavy atom. The van der Waals surface area contributed by atoms with Crippen LogP contribution in [-0.2, 0) is 27.6 Å². The van der Waals surface area contributed by atoms with Crippen molar-refractivity contribution in [1.82, 2.24) is 24.8 Å². The number of pyridine rings is 1. The van der Waals surface area contributed by atoms with Gasteiger partial charge in [0.15, 0.2) is 9.84 Å². The van der Waals surface area contributed by atoms with Crippen LogP contribution in [0.1, 0.15) is 21.7 Å². The summed E-state index contributed by atoms with van der Waals surface area (Å²) in [6.45, 7) is 6.67. The fraction of sp³-hybridized carbons (Fsp3) is 0.333. The lowest BCUT2D eigenvalue weighted by Gasteiger charge is -2.27. The number of carbonyl (C=O) groups is 1. The first-order valence-electron chi connectivity index (χ1n) is 13.9. The molecular weight excluding hydrogens is 573 g/mol. The van der Waals surface area contributed by atoms with Gasteiger partial charge in [-0.1, -0.05) is 6.08 Å². The molecule has 1 amide bonds. The lowest BCUT2D eigenvalue weighted by Crippen LogP contribution is -2.40. The van der Waals surface area contributed by atoms with Crippen molar-refractivity contribution in [2.24, 2.45) is 0 Å². The molecule has 10 nitrogen and oxygen atoms in total. The number of amides is 1. The van der Waals surface area contributed by atoms with E-state index in [0.717, 1.165) is 50.0 Å². The summed E-state index contributed by atoms with van der Waals surface area (Å²) in [5.74, 6) is 2.52. The van der Waals surface area contributed by atoms with Crippen LogP contribution in [0.5, 0.6) is 11.5 Å². The van der Waals surface area contributed by atoms with Crippen molar-refractivity contribution in [2.45, 2.75) is 26.8 Å². The molecule has 2 aliphatic heterocycles. The summed E-state index contributed by atoms with van der Waals surface area (Å²) in [6.07, 6.45) is 7.45. The van der Waals surface area contributed by atoms with E-state index in [-0.39, 0.29) is 17.4 Å². The first-order chi connectivity index (χ1) is 20.2. The highest BCUT2D eigenvalue weighted by molar-refractivity contribution is 7.91. The molecule has 0 aliphatic carbocycles. The molecule has 0 radical (unpaired) electrons. The van der Waals surface area contributed by atoms with E-state index in [4.69, 9.17) is 4.74 Å². The maximum absolute atomic E-state index is 12.9. The standard InChI is InChI=1S/C30H32N6O4S2/c1-20-16-22(6-8-25(20)40-23-7-5-21(2)31-17-23)34-29-28-24-9-11-36(18-26(24)41-30(28)33-19-32-29)27(37)4-3-10-35-12-14-42(38,39)15-13-35/h3-8,16-17,19H,9-15,18H2,1-2H3,(H,32,33,34)/b4-3+. The van der Waals surface area contributed by atoms with Crippen molar-refractivity contribution in [3.63, 3.8) is 0 Å². The van der Waals surface area contributed by atoms with Gasteiger partial charge in [-0.2, -0.15) is 0 Å². The first-order valence-corrected chi connectivity index (χ1v) is 16.5. The topological polar surface area (TPSA) is 118 Å². The van der Waals surface area contributed by atoms with Crippen molar-refractivity contribution < 1.29 is 17.9 Å². The molecule has 218 valence electrons. The number of nitrogens with zero attached hydrogens (tertiary/aromatic N) is 5. The van der Waals surface area contributed by atoms with E-state index in [9.17, 15) is 13.2 Å². The molecule has 0 bridgehead atoms. The lowest BCUT2D eigenvalue weighted by atomic mass is 10.0. The molecule has 12 heteroatoms. The molecule has 6 rings (SSSR count). The van der Waals surface area contributed by atoms with Crippen LogP contribution in [-0.4, -0.2) is 76.8 Å². The van der Waals surface area contributed by atoms with E-state index in [0.29, 0.717) is 38.5 Å². The number of fused-ring (bicyclic) bond motifs is 3. The van der Waals surface area contributed by atoms with Crippen molar-refractivity contribution in [3.8, 4) is 11.5 Å². The fourth-order valence-corrected chi connectivity index (χ4v) is 7.65. The number of hydrogen-bond acceptors (Lipinski definition) is 10. The number of anilines is 2. The quantitative estimate of drug-likeness (QED) is 0.306. The Morgan fingerprint density at radius 1 is 1.10 bits per heavy atom. The molecule has 0 spiro atoms. The number of rotatable bonds is 7. The Bertz CT molecular complexity index is 1750. The lowest BCUT2D eigenvalue weighted by molar-refractivity contribution is -0.126. The molecule has 0 atom stereocenters. The zero-order valence-electron chi connectivity index (χ0n) is 23.5. The van der Waals surface area contributed by atoms with E-state index in [2.05, 4.69) is 25.2 Å². The summed E-state index contributed by atoms with van der Waals surface area (Å²) in [7, 11) is -2.91. The van der Waals surface area contributed by atoms with E-state index >= 15 is 0 Å². The molecule has 42 heavy (non-hydrogen) atoms. The number of hydrogen-bond donors (Lipinski definition) is 1. The minimum absolute atomic E-state index is 0.0358. The zero-order chi connectivity index (χ0) is 29.3. The smallest absolute Gasteiger partial charge is 0.246 e. The normalized spacial score (nSPS) is 17.0. The molecule has 3 aromatic heterocycles. The average Bonchev–Trinajstić information content (AvgIpc) is 3.35. The summed E-state index contributed by atoms with van der Waals surface area (Å²) in [5.41, 5.74) is 3.99. The predicted molar refractivity (Wildman–Crippen MR) is 164 cm³/mol. The average molecular weight is 605 g/mol. The van der Waals surface area contributed by atoms with Crippen LogP contribution >= 0.6 is 11.3 Å². The van der Waals surface area contributed by atoms with Crippen molar-refractivity contribution in [3.05, 3.63) is 76.7 Å². The third-order valence-electron chi connectivity index (χ3n) is 7.56. The first kappa shape index (κ1) is 28.3. The van der Waals surface area contributed by atoms with Gasteiger partial charge in [0.05, 0.1) is 29.6 Å². The number of carbonyl (C=O) groups excluding carboxylic acids is 1. The Hall–Kier alpha value is -3.87. The maximum Gasteiger partial charge on any atom is 0.246 e. The second-order valence-electron chi connectivity index (χ2n) is 10.6. The summed E-state index contributed by atoms with van der Waals surface area (Å²) in [6, 6.07) is 9.75. The molecule has 0 saturated carbocycles. The van der Waals surface area contributed by atoms with Crippen LogP contribution in [0.2, 0.25) is 0 Å². The number of aromatic nitrogens is 3. The van der Waals surface area contributed by atoms with Gasteiger partial charge in [-0.15, -0.1) is 11.3 Å². The van der Waals surface area contributed by atoms with E-state index in [1.807, 2.05) is 55.2 Å². The van der Waals surface area contributed by atoms with Crippen LogP contribution in [0.3, 0.4) is 0 Å². The Balaban J connectivity index is 1.13. The highest BCUT2D eigenvalue weighted by atomic mass is 32.2. The van der Waals surface area contributed by atoms with Gasteiger partial charge in [0.1, 0.15) is 28.5 Å². The summed E-state index contributed by atoms with van der Waals surface area (Å²) < 4.78 is 29.3. The second-order valence-corrected chi connectivity index (χ2v) is 14.0. The van der Waals surface area contributed by atoms with Gasteiger partial charge < -0.3 is 15.0 Å². The van der Waals surface area contributed by atoms with E-state index < -0.39 is 9.84 Å². The van der Waals surface area contributed by atoms with Gasteiger partial charge in [-0.25, -0.2) is 18.4 Å². The predicted octanol–water partition coefficient (Wildman–Crippen LogP) is 4.41. The third kappa shape index (κ3) is 6.30. The molecular formula is C30H32N6O4S2. The molecule has 1 saturated heterocycles. The summed E-state index contributed by atoms with van der Waals surface area (Å²) in [5, 5.41) is 4.48. The molecule has 2 aliphatic rings. The molecule has 1 fully saturated rings. The van der Waals surface area contributed by atoms with E-state index in [1.54, 1.807) is 29.9 Å². The van der Waals surface area contributed by atoms with Crippen molar-refractivity contribution in [2.75, 3.05) is 43.0 Å². The fourth-order valence-electron chi connectivity index (χ4n) is 5.17. The summed E-state index contributed by atoms with van der Waals surface area (Å²) in [4.78, 5) is 32.3. The van der Waals surface area contributed by atoms with Gasteiger partial charge in [0.25, 0.3) is 0 Å². The molecule has 0 unspecified atom stereocenters. The number of thiophene rings is 1. The monoisotopic (exact) mass is 604 g/mol. The van der Waals surface area contributed by atoms with Crippen LogP contribution in [0.15, 0.2) is 55.0 Å². The van der Waals surface area contributed by atoms with Crippen LogP contribution in [0.4, 0.5) is 11.5 Å². The van der Waals surface area contributed by atoms with Crippen molar-refractivity contribution >= 4 is 48.8 Å². The minimum Gasteiger partial charge on any atom is -0.455 e. The van der Waals surface area contributed by atoms with Gasteiger partial charge >= 0.3 is 0 Å². The number of nitrogens with one attached hydrogen (secondary N) is 1. The molecule has 1 aromatic carbocycles. The minimum atomic E-state index is -2.91. The maximum atomic E-state index is 12.9. The van der Waals surface area contributed by atoms with Gasteiger partial charge in [0.2, 0.25) is 5.91 Å². The third-order valence-corrected chi connectivity index (χ3v) is 10.3. The number of ether oxygens (including phenoxy) is 1. The summed E-state index contributed by atoms with van der Waals surface area (Å²) >= 11 is 1.60. The number of aryl methyl sites for hydroxylation is 2. The zero-order valence-corrected chi connectivity index (χ0v) is 25.2. The Kier molecular flexibility index (Phi) is 7.93. The van der Waals surface area contributed by atoms with Crippen LogP contribution in [0, 0.1) is 13.8 Å². The SMILES string of the molecule is Cc1ccc(Oc2ccc(Nc3ncnc4sc5c(c34)CCN(C(=O)/C=C/CN3CCS(=O)(=O)CC3)C5)cc2C)cn1. The number of benzene rings is 1. The van der Waals surface area contributed by atoms with Gasteiger partial charge in [-0.05, 0) is 61.7 Å². The van der Waals surface area contributed by atoms with Gasteiger partial charge in [0, 0.05) is 48.5 Å². The Labute approximate surface area is 249 Å². The van der Waals surface area contributed by atoms with E-state index in [1.165, 1.54) is 5.56 Å². The van der Waals surface area contributed by atoms with Crippen LogP contribution in [0.25, 0.3) is 10.2 Å². The molecule has 4 aromatic rings. The highest BCUT2D eigenvalue weighted by Crippen LogP contribution is 2.38. The molecule has 5 heterocycles. The highest BCUT2D eigenvalue weighted by Gasteiger charge is 2.26. The van der Waals surface area contributed by atoms with Crippen LogP contribution < -0.4 is 10.1 Å².